The van der Waals surface area contributed by atoms with Crippen molar-refractivity contribution in [1.29, 1.82) is 0 Å². The van der Waals surface area contributed by atoms with Crippen LogP contribution in [0.2, 0.25) is 0 Å². The number of carbonyl (C=O) groups is 1. The van der Waals surface area contributed by atoms with Gasteiger partial charge in [0.15, 0.2) is 5.96 Å². The van der Waals surface area contributed by atoms with Gasteiger partial charge in [0, 0.05) is 30.8 Å². The second-order valence-corrected chi connectivity index (χ2v) is 9.98. The summed E-state index contributed by atoms with van der Waals surface area (Å²) in [6.07, 6.45) is 6.04. The SMILES string of the molecule is CCCN1Cc2cc(Oc3cccc(N(C(=O)OCc4ccccc4)C4CCCCC4)c3)ccc2N=C1N. The van der Waals surface area contributed by atoms with Gasteiger partial charge in [-0.25, -0.2) is 9.79 Å². The summed E-state index contributed by atoms with van der Waals surface area (Å²) in [6, 6.07) is 23.5. The van der Waals surface area contributed by atoms with Crippen LogP contribution in [0, 0.1) is 0 Å². The highest BCUT2D eigenvalue weighted by molar-refractivity contribution is 5.88. The third-order valence-corrected chi connectivity index (χ3v) is 7.14. The molecule has 1 fully saturated rings. The van der Waals surface area contributed by atoms with Crippen LogP contribution in [0.15, 0.2) is 77.8 Å². The Balaban J connectivity index is 1.35. The van der Waals surface area contributed by atoms with Crippen LogP contribution in [0.3, 0.4) is 0 Å². The molecule has 0 radical (unpaired) electrons. The Bertz CT molecular complexity index is 1270. The van der Waals surface area contributed by atoms with E-state index in [1.54, 1.807) is 0 Å². The fourth-order valence-corrected chi connectivity index (χ4v) is 5.23. The normalized spacial score (nSPS) is 15.4. The number of nitrogens with zero attached hydrogens (tertiary/aromatic N) is 3. The zero-order chi connectivity index (χ0) is 26.3. The summed E-state index contributed by atoms with van der Waals surface area (Å²) in [7, 11) is 0. The van der Waals surface area contributed by atoms with Crippen molar-refractivity contribution in [2.24, 2.45) is 10.7 Å². The number of benzene rings is 3. The predicted octanol–water partition coefficient (Wildman–Crippen LogP) is 7.13. The molecule has 198 valence electrons. The van der Waals surface area contributed by atoms with Crippen LogP contribution in [0.4, 0.5) is 16.2 Å². The highest BCUT2D eigenvalue weighted by Crippen LogP contribution is 2.34. The number of fused-ring (bicyclic) bond motifs is 1. The van der Waals surface area contributed by atoms with Gasteiger partial charge >= 0.3 is 6.09 Å². The number of nitrogens with two attached hydrogens (primary N) is 1. The molecule has 1 heterocycles. The van der Waals surface area contributed by atoms with E-state index >= 15 is 0 Å². The quantitative estimate of drug-likeness (QED) is 0.347. The minimum Gasteiger partial charge on any atom is -0.457 e. The molecule has 0 unspecified atom stereocenters. The van der Waals surface area contributed by atoms with Crippen molar-refractivity contribution >= 4 is 23.4 Å². The number of carbonyl (C=O) groups excluding carboxylic acids is 1. The van der Waals surface area contributed by atoms with E-state index in [4.69, 9.17) is 15.2 Å². The monoisotopic (exact) mass is 512 g/mol. The lowest BCUT2D eigenvalue weighted by Gasteiger charge is -2.33. The second-order valence-electron chi connectivity index (χ2n) is 9.98. The Morgan fingerprint density at radius 3 is 2.58 bits per heavy atom. The van der Waals surface area contributed by atoms with Gasteiger partial charge in [0.2, 0.25) is 0 Å². The molecule has 1 aliphatic heterocycles. The maximum Gasteiger partial charge on any atom is 0.414 e. The summed E-state index contributed by atoms with van der Waals surface area (Å²) in [5, 5.41) is 0. The number of anilines is 1. The van der Waals surface area contributed by atoms with Crippen LogP contribution in [0.25, 0.3) is 0 Å². The van der Waals surface area contributed by atoms with Crippen LogP contribution in [-0.2, 0) is 17.9 Å². The Morgan fingerprint density at radius 2 is 1.79 bits per heavy atom. The predicted molar refractivity (Wildman–Crippen MR) is 151 cm³/mol. The van der Waals surface area contributed by atoms with Gasteiger partial charge in [-0.3, -0.25) is 4.90 Å². The molecule has 38 heavy (non-hydrogen) atoms. The Kier molecular flexibility index (Phi) is 8.12. The van der Waals surface area contributed by atoms with Crippen molar-refractivity contribution in [3.63, 3.8) is 0 Å². The third-order valence-electron chi connectivity index (χ3n) is 7.14. The largest absolute Gasteiger partial charge is 0.457 e. The molecule has 2 aliphatic rings. The zero-order valence-electron chi connectivity index (χ0n) is 22.0. The minimum absolute atomic E-state index is 0.110. The molecule has 1 amide bonds. The highest BCUT2D eigenvalue weighted by atomic mass is 16.6. The van der Waals surface area contributed by atoms with Crippen LogP contribution < -0.4 is 15.4 Å². The molecule has 3 aromatic rings. The van der Waals surface area contributed by atoms with Crippen LogP contribution in [0.1, 0.15) is 56.6 Å². The molecular weight excluding hydrogens is 476 g/mol. The molecule has 0 atom stereocenters. The smallest absolute Gasteiger partial charge is 0.414 e. The first-order valence-electron chi connectivity index (χ1n) is 13.6. The molecule has 7 heteroatoms. The standard InChI is InChI=1S/C31H36N4O3/c1-2-18-34-21-24-19-28(16-17-29(24)33-30(34)32)38-27-15-9-14-26(20-27)35(25-12-7-4-8-13-25)31(36)37-22-23-10-5-3-6-11-23/h3,5-6,9-11,14-17,19-20,25H,2,4,7-8,12-13,18,21-22H2,1H3,(H2,32,33). The summed E-state index contributed by atoms with van der Waals surface area (Å²) in [4.78, 5) is 21.8. The van der Waals surface area contributed by atoms with Crippen molar-refractivity contribution in [3.8, 4) is 11.5 Å². The van der Waals surface area contributed by atoms with E-state index in [2.05, 4.69) is 16.8 Å². The summed E-state index contributed by atoms with van der Waals surface area (Å²) < 4.78 is 12.1. The lowest BCUT2D eigenvalue weighted by Crippen LogP contribution is -2.42. The van der Waals surface area contributed by atoms with Gasteiger partial charge in [0.25, 0.3) is 0 Å². The number of amides is 1. The molecule has 0 aromatic heterocycles. The van der Waals surface area contributed by atoms with Crippen molar-refractivity contribution in [2.45, 2.75) is 64.6 Å². The lowest BCUT2D eigenvalue weighted by molar-refractivity contribution is 0.142. The van der Waals surface area contributed by atoms with Gasteiger partial charge in [-0.05, 0) is 55.2 Å². The van der Waals surface area contributed by atoms with Gasteiger partial charge in [-0.15, -0.1) is 0 Å². The van der Waals surface area contributed by atoms with Crippen molar-refractivity contribution < 1.29 is 14.3 Å². The Labute approximate surface area is 224 Å². The molecule has 7 nitrogen and oxygen atoms in total. The number of guanidine groups is 1. The minimum atomic E-state index is -0.321. The molecule has 0 spiro atoms. The van der Waals surface area contributed by atoms with Crippen molar-refractivity contribution in [2.75, 3.05) is 11.4 Å². The van der Waals surface area contributed by atoms with E-state index < -0.39 is 0 Å². The van der Waals surface area contributed by atoms with Gasteiger partial charge in [-0.2, -0.15) is 0 Å². The molecule has 1 aliphatic carbocycles. The average Bonchev–Trinajstić information content (AvgIpc) is 2.94. The van der Waals surface area contributed by atoms with Crippen molar-refractivity contribution in [1.82, 2.24) is 4.90 Å². The third kappa shape index (κ3) is 6.10. The summed E-state index contributed by atoms with van der Waals surface area (Å²) in [6.45, 7) is 3.94. The topological polar surface area (TPSA) is 80.4 Å². The molecular formula is C31H36N4O3. The van der Waals surface area contributed by atoms with E-state index in [1.165, 1.54) is 6.42 Å². The lowest BCUT2D eigenvalue weighted by atomic mass is 9.94. The van der Waals surface area contributed by atoms with E-state index in [1.807, 2.05) is 77.7 Å². The Morgan fingerprint density at radius 1 is 1.00 bits per heavy atom. The summed E-state index contributed by atoms with van der Waals surface area (Å²) in [5.41, 5.74) is 9.84. The average molecular weight is 513 g/mol. The van der Waals surface area contributed by atoms with Gasteiger partial charge in [0.1, 0.15) is 18.1 Å². The van der Waals surface area contributed by atoms with E-state index in [0.29, 0.717) is 18.3 Å². The summed E-state index contributed by atoms with van der Waals surface area (Å²) >= 11 is 0. The molecule has 0 bridgehead atoms. The molecule has 3 aromatic carbocycles. The van der Waals surface area contributed by atoms with Crippen LogP contribution in [-0.4, -0.2) is 29.5 Å². The van der Waals surface area contributed by atoms with Crippen molar-refractivity contribution in [3.05, 3.63) is 83.9 Å². The maximum absolute atomic E-state index is 13.4. The van der Waals surface area contributed by atoms with E-state index in [0.717, 1.165) is 66.9 Å². The van der Waals surface area contributed by atoms with Gasteiger partial charge in [-0.1, -0.05) is 62.6 Å². The molecule has 0 saturated heterocycles. The zero-order valence-corrected chi connectivity index (χ0v) is 22.0. The number of ether oxygens (including phenoxy) is 2. The first kappa shape index (κ1) is 25.6. The van der Waals surface area contributed by atoms with Gasteiger partial charge in [0.05, 0.1) is 11.4 Å². The number of hydrogen-bond acceptors (Lipinski definition) is 6. The second kappa shape index (κ2) is 12.0. The molecule has 2 N–H and O–H groups in total. The number of aliphatic imine (C=N–C) groups is 1. The Hall–Kier alpha value is -4.00. The number of hydrogen-bond donors (Lipinski definition) is 1. The summed E-state index contributed by atoms with van der Waals surface area (Å²) in [5.74, 6) is 1.95. The fraction of sp³-hybridized carbons (Fsp3) is 0.355. The van der Waals surface area contributed by atoms with Gasteiger partial charge < -0.3 is 20.1 Å². The van der Waals surface area contributed by atoms with E-state index in [9.17, 15) is 4.79 Å². The number of rotatable bonds is 8. The highest BCUT2D eigenvalue weighted by Gasteiger charge is 2.28. The van der Waals surface area contributed by atoms with Crippen LogP contribution in [0.5, 0.6) is 11.5 Å². The molecule has 5 rings (SSSR count). The van der Waals surface area contributed by atoms with E-state index in [-0.39, 0.29) is 18.7 Å². The van der Waals surface area contributed by atoms with Crippen LogP contribution >= 0.6 is 0 Å². The first-order valence-corrected chi connectivity index (χ1v) is 13.6. The first-order chi connectivity index (χ1) is 18.6. The molecule has 1 saturated carbocycles. The fourth-order valence-electron chi connectivity index (χ4n) is 5.23. The maximum atomic E-state index is 13.4.